The number of unbranched alkanes of at least 4 members (excludes halogenated alkanes) is 1. The third-order valence-corrected chi connectivity index (χ3v) is 5.87. The summed E-state index contributed by atoms with van der Waals surface area (Å²) < 4.78 is 5.94. The Morgan fingerprint density at radius 2 is 1.88 bits per heavy atom. The smallest absolute Gasteiger partial charge is 0.191 e. The molecule has 0 amide bonds. The Bertz CT molecular complexity index is 438. The van der Waals surface area contributed by atoms with Crippen molar-refractivity contribution in [3.63, 3.8) is 0 Å². The van der Waals surface area contributed by atoms with Gasteiger partial charge in [0.25, 0.3) is 0 Å². The van der Waals surface area contributed by atoms with Gasteiger partial charge in [-0.1, -0.05) is 13.8 Å². The zero-order valence-electron chi connectivity index (χ0n) is 16.9. The Labute approximate surface area is 177 Å². The fourth-order valence-electron chi connectivity index (χ4n) is 4.90. The maximum absolute atomic E-state index is 5.94. The summed E-state index contributed by atoms with van der Waals surface area (Å²) in [7, 11) is 0. The highest BCUT2D eigenvalue weighted by Crippen LogP contribution is 2.34. The first-order valence-electron chi connectivity index (χ1n) is 10.6. The van der Waals surface area contributed by atoms with Crippen LogP contribution in [0.5, 0.6) is 0 Å². The van der Waals surface area contributed by atoms with Crippen LogP contribution in [0.2, 0.25) is 0 Å². The predicted molar refractivity (Wildman–Crippen MR) is 119 cm³/mol. The third kappa shape index (κ3) is 6.51. The summed E-state index contributed by atoms with van der Waals surface area (Å²) in [5.74, 6) is 2.69. The number of guanidine groups is 1. The van der Waals surface area contributed by atoms with Gasteiger partial charge in [-0.2, -0.15) is 0 Å². The van der Waals surface area contributed by atoms with Crippen molar-refractivity contribution in [2.45, 2.75) is 77.5 Å². The molecule has 0 saturated carbocycles. The van der Waals surface area contributed by atoms with Crippen molar-refractivity contribution in [2.24, 2.45) is 16.8 Å². The van der Waals surface area contributed by atoms with Gasteiger partial charge in [-0.3, -0.25) is 4.99 Å². The molecule has 0 spiro atoms. The van der Waals surface area contributed by atoms with Gasteiger partial charge in [0.2, 0.25) is 0 Å². The molecule has 2 N–H and O–H groups in total. The minimum absolute atomic E-state index is 0. The summed E-state index contributed by atoms with van der Waals surface area (Å²) in [5.41, 5.74) is 0. The standard InChI is InChI=1S/C20H38N4O.HI/c1-4-21-20(23-18-12-17-7-8-19(18)25-17)22-9-5-6-10-24-13-15(2)11-16(3)14-24;/h15-19H,4-14H2,1-3H3,(H2,21,22,23);1H. The van der Waals surface area contributed by atoms with Gasteiger partial charge in [-0.25, -0.2) is 0 Å². The van der Waals surface area contributed by atoms with E-state index in [9.17, 15) is 0 Å². The number of hydrogen-bond donors (Lipinski definition) is 2. The fraction of sp³-hybridized carbons (Fsp3) is 0.950. The molecule has 5 nitrogen and oxygen atoms in total. The van der Waals surface area contributed by atoms with Crippen molar-refractivity contribution in [3.05, 3.63) is 0 Å². The summed E-state index contributed by atoms with van der Waals surface area (Å²) in [6.07, 6.45) is 8.28. The topological polar surface area (TPSA) is 48.9 Å². The average Bonchev–Trinajstić information content (AvgIpc) is 3.16. The number of rotatable bonds is 7. The third-order valence-electron chi connectivity index (χ3n) is 5.87. The zero-order chi connectivity index (χ0) is 17.6. The lowest BCUT2D eigenvalue weighted by molar-refractivity contribution is 0.0992. The van der Waals surface area contributed by atoms with E-state index in [0.717, 1.165) is 37.3 Å². The van der Waals surface area contributed by atoms with Crippen molar-refractivity contribution < 1.29 is 4.74 Å². The predicted octanol–water partition coefficient (Wildman–Crippen LogP) is 3.24. The molecule has 3 aliphatic rings. The van der Waals surface area contributed by atoms with Gasteiger partial charge < -0.3 is 20.3 Å². The Hall–Kier alpha value is -0.0800. The lowest BCUT2D eigenvalue weighted by Crippen LogP contribution is -2.47. The lowest BCUT2D eigenvalue weighted by atomic mass is 9.92. The highest BCUT2D eigenvalue weighted by molar-refractivity contribution is 14.0. The number of halogens is 1. The molecule has 0 aromatic heterocycles. The Morgan fingerprint density at radius 3 is 2.50 bits per heavy atom. The molecule has 6 heteroatoms. The van der Waals surface area contributed by atoms with E-state index in [4.69, 9.17) is 9.73 Å². The van der Waals surface area contributed by atoms with Crippen molar-refractivity contribution >= 4 is 29.9 Å². The first-order valence-corrected chi connectivity index (χ1v) is 10.6. The number of ether oxygens (including phenoxy) is 1. The number of nitrogens with one attached hydrogen (secondary N) is 2. The lowest BCUT2D eigenvalue weighted by Gasteiger charge is -2.34. The normalized spacial score (nSPS) is 34.6. The van der Waals surface area contributed by atoms with Crippen molar-refractivity contribution in [2.75, 3.05) is 32.7 Å². The van der Waals surface area contributed by atoms with Crippen molar-refractivity contribution in [1.29, 1.82) is 0 Å². The van der Waals surface area contributed by atoms with Crippen molar-refractivity contribution in [1.82, 2.24) is 15.5 Å². The van der Waals surface area contributed by atoms with Gasteiger partial charge in [0, 0.05) is 26.2 Å². The highest BCUT2D eigenvalue weighted by atomic mass is 127. The van der Waals surface area contributed by atoms with Gasteiger partial charge in [0.1, 0.15) is 0 Å². The average molecular weight is 478 g/mol. The molecule has 3 heterocycles. The molecule has 0 aliphatic carbocycles. The second kappa shape index (κ2) is 11.1. The molecule has 3 fully saturated rings. The fourth-order valence-corrected chi connectivity index (χ4v) is 4.90. The van der Waals surface area contributed by atoms with E-state index in [2.05, 4.69) is 36.3 Å². The molecule has 152 valence electrons. The van der Waals surface area contributed by atoms with Gasteiger partial charge in [0.15, 0.2) is 5.96 Å². The summed E-state index contributed by atoms with van der Waals surface area (Å²) >= 11 is 0. The van der Waals surface area contributed by atoms with Crippen LogP contribution in [-0.2, 0) is 4.74 Å². The molecular weight excluding hydrogens is 439 g/mol. The summed E-state index contributed by atoms with van der Waals surface area (Å²) in [4.78, 5) is 7.44. The van der Waals surface area contributed by atoms with Crippen LogP contribution in [0.3, 0.4) is 0 Å². The minimum Gasteiger partial charge on any atom is -0.373 e. The molecule has 0 aromatic carbocycles. The molecule has 26 heavy (non-hydrogen) atoms. The van der Waals surface area contributed by atoms with Crippen LogP contribution in [-0.4, -0.2) is 61.8 Å². The molecule has 3 saturated heterocycles. The Balaban J connectivity index is 0.00000243. The number of fused-ring (bicyclic) bond motifs is 2. The molecule has 5 atom stereocenters. The number of likely N-dealkylation sites (tertiary alicyclic amines) is 1. The SMILES string of the molecule is CCNC(=NCCCCN1CC(C)CC(C)C1)NC1CC2CCC1O2.I. The molecule has 3 rings (SSSR count). The number of hydrogen-bond acceptors (Lipinski definition) is 3. The van der Waals surface area contributed by atoms with E-state index in [0.29, 0.717) is 18.2 Å². The summed E-state index contributed by atoms with van der Waals surface area (Å²) in [5, 5.41) is 7.00. The van der Waals surface area contributed by atoms with Crippen LogP contribution in [0.1, 0.15) is 59.3 Å². The van der Waals surface area contributed by atoms with E-state index in [-0.39, 0.29) is 24.0 Å². The van der Waals surface area contributed by atoms with Crippen LogP contribution in [0, 0.1) is 11.8 Å². The van der Waals surface area contributed by atoms with E-state index in [1.807, 2.05) is 0 Å². The first kappa shape index (κ1) is 22.2. The van der Waals surface area contributed by atoms with Crippen LogP contribution < -0.4 is 10.6 Å². The maximum Gasteiger partial charge on any atom is 0.191 e. The molecule has 0 aromatic rings. The zero-order valence-corrected chi connectivity index (χ0v) is 19.2. The van der Waals surface area contributed by atoms with Gasteiger partial charge >= 0.3 is 0 Å². The molecule has 2 bridgehead atoms. The van der Waals surface area contributed by atoms with Gasteiger partial charge in [0.05, 0.1) is 18.2 Å². The second-order valence-corrected chi connectivity index (χ2v) is 8.53. The number of piperidine rings is 1. The highest BCUT2D eigenvalue weighted by Gasteiger charge is 2.41. The van der Waals surface area contributed by atoms with Crippen LogP contribution in [0.15, 0.2) is 4.99 Å². The van der Waals surface area contributed by atoms with Crippen LogP contribution in [0.25, 0.3) is 0 Å². The van der Waals surface area contributed by atoms with E-state index in [1.165, 1.54) is 51.7 Å². The first-order chi connectivity index (χ1) is 12.1. The second-order valence-electron chi connectivity index (χ2n) is 8.53. The van der Waals surface area contributed by atoms with E-state index >= 15 is 0 Å². The molecule has 0 radical (unpaired) electrons. The van der Waals surface area contributed by atoms with Crippen LogP contribution >= 0.6 is 24.0 Å². The van der Waals surface area contributed by atoms with Gasteiger partial charge in [-0.05, 0) is 63.8 Å². The monoisotopic (exact) mass is 478 g/mol. The Kier molecular flexibility index (Phi) is 9.44. The minimum atomic E-state index is 0. The molecule has 5 unspecified atom stereocenters. The number of nitrogens with zero attached hydrogens (tertiary/aromatic N) is 2. The summed E-state index contributed by atoms with van der Waals surface area (Å²) in [6, 6.07) is 0.452. The summed E-state index contributed by atoms with van der Waals surface area (Å²) in [6.45, 7) is 12.5. The van der Waals surface area contributed by atoms with Crippen molar-refractivity contribution in [3.8, 4) is 0 Å². The molecular formula is C20H39IN4O. The van der Waals surface area contributed by atoms with Crippen LogP contribution in [0.4, 0.5) is 0 Å². The quantitative estimate of drug-likeness (QED) is 0.255. The number of aliphatic imine (C=N–C) groups is 1. The Morgan fingerprint density at radius 1 is 1.12 bits per heavy atom. The van der Waals surface area contributed by atoms with E-state index < -0.39 is 0 Å². The van der Waals surface area contributed by atoms with E-state index in [1.54, 1.807) is 0 Å². The largest absolute Gasteiger partial charge is 0.373 e. The van der Waals surface area contributed by atoms with Gasteiger partial charge in [-0.15, -0.1) is 24.0 Å². The molecule has 3 aliphatic heterocycles. The maximum atomic E-state index is 5.94.